The van der Waals surface area contributed by atoms with E-state index in [-0.39, 0.29) is 12.1 Å². The fourth-order valence-electron chi connectivity index (χ4n) is 4.11. The number of halogens is 1. The number of methoxy groups -OCH3 is 2. The van der Waals surface area contributed by atoms with E-state index in [4.69, 9.17) is 21.1 Å². The third-order valence-electron chi connectivity index (χ3n) is 5.60. The summed E-state index contributed by atoms with van der Waals surface area (Å²) in [6, 6.07) is 18.8. The van der Waals surface area contributed by atoms with Crippen LogP contribution in [0.25, 0.3) is 0 Å². The number of aryl methyl sites for hydroxylation is 1. The molecule has 1 N–H and O–H groups in total. The van der Waals surface area contributed by atoms with Crippen molar-refractivity contribution in [1.82, 2.24) is 4.90 Å². The summed E-state index contributed by atoms with van der Waals surface area (Å²) in [6.45, 7) is 2.55. The van der Waals surface area contributed by atoms with Gasteiger partial charge in [-0.25, -0.2) is 4.79 Å². The highest BCUT2D eigenvalue weighted by Gasteiger charge is 2.34. The van der Waals surface area contributed by atoms with Crippen molar-refractivity contribution in [3.63, 3.8) is 0 Å². The number of hydrogen-bond donors (Lipinski definition) is 1. The van der Waals surface area contributed by atoms with E-state index in [0.29, 0.717) is 29.5 Å². The van der Waals surface area contributed by atoms with Gasteiger partial charge in [-0.15, -0.1) is 0 Å². The summed E-state index contributed by atoms with van der Waals surface area (Å²) < 4.78 is 11.0. The van der Waals surface area contributed by atoms with Gasteiger partial charge >= 0.3 is 6.03 Å². The van der Waals surface area contributed by atoms with Crippen molar-refractivity contribution in [2.45, 2.75) is 19.4 Å². The maximum atomic E-state index is 13.4. The van der Waals surface area contributed by atoms with E-state index >= 15 is 0 Å². The van der Waals surface area contributed by atoms with Crippen molar-refractivity contribution in [1.29, 1.82) is 0 Å². The Bertz CT molecular complexity index is 1120. The normalized spacial score (nSPS) is 15.2. The number of carbonyl (C=O) groups is 1. The molecule has 6 heteroatoms. The number of benzene rings is 3. The summed E-state index contributed by atoms with van der Waals surface area (Å²) in [7, 11) is 3.24. The molecule has 0 radical (unpaired) electrons. The Balaban J connectivity index is 1.79. The lowest BCUT2D eigenvalue weighted by molar-refractivity contribution is 0.193. The van der Waals surface area contributed by atoms with Gasteiger partial charge in [-0.1, -0.05) is 41.9 Å². The summed E-state index contributed by atoms with van der Waals surface area (Å²) in [5.41, 5.74) is 4.82. The average molecular weight is 437 g/mol. The Kier molecular flexibility index (Phi) is 6.05. The van der Waals surface area contributed by atoms with Crippen molar-refractivity contribution in [3.05, 3.63) is 87.9 Å². The Hall–Kier alpha value is -3.18. The summed E-state index contributed by atoms with van der Waals surface area (Å²) in [4.78, 5) is 15.2. The van der Waals surface area contributed by atoms with Gasteiger partial charge in [0.25, 0.3) is 0 Å². The quantitative estimate of drug-likeness (QED) is 0.558. The maximum Gasteiger partial charge on any atom is 0.322 e. The van der Waals surface area contributed by atoms with Gasteiger partial charge in [0, 0.05) is 17.3 Å². The second-order valence-corrected chi connectivity index (χ2v) is 7.98. The van der Waals surface area contributed by atoms with E-state index in [9.17, 15) is 4.79 Å². The first kappa shape index (κ1) is 21.1. The molecule has 4 rings (SSSR count). The van der Waals surface area contributed by atoms with Crippen LogP contribution < -0.4 is 14.8 Å². The van der Waals surface area contributed by atoms with Crippen LogP contribution in [0, 0.1) is 6.92 Å². The van der Waals surface area contributed by atoms with Crippen LogP contribution in [0.15, 0.2) is 60.7 Å². The molecule has 1 aliphatic rings. The molecule has 31 heavy (non-hydrogen) atoms. The van der Waals surface area contributed by atoms with Gasteiger partial charge < -0.3 is 19.7 Å². The molecule has 0 aromatic heterocycles. The second-order valence-electron chi connectivity index (χ2n) is 7.57. The molecule has 3 aromatic rings. The summed E-state index contributed by atoms with van der Waals surface area (Å²) in [5, 5.41) is 3.66. The smallest absolute Gasteiger partial charge is 0.322 e. The highest BCUT2D eigenvalue weighted by Crippen LogP contribution is 2.42. The standard InChI is InChI=1S/C25H25ClN2O3/c1-16-7-6-8-18(13-16)27-25(29)28-12-11-17-14-22(30-2)23(31-3)15-20(17)24(28)19-9-4-5-10-21(19)26/h4-10,13-15,24H,11-12H2,1-3H3,(H,27,29)/t24-/m1/s1. The molecular weight excluding hydrogens is 412 g/mol. The Morgan fingerprint density at radius 2 is 1.74 bits per heavy atom. The minimum atomic E-state index is -0.345. The fraction of sp³-hybridized carbons (Fsp3) is 0.240. The lowest BCUT2D eigenvalue weighted by Gasteiger charge is -2.38. The molecule has 0 saturated carbocycles. The number of amides is 2. The predicted octanol–water partition coefficient (Wildman–Crippen LogP) is 5.85. The Morgan fingerprint density at radius 3 is 2.45 bits per heavy atom. The topological polar surface area (TPSA) is 50.8 Å². The van der Waals surface area contributed by atoms with E-state index < -0.39 is 0 Å². The van der Waals surface area contributed by atoms with Crippen LogP contribution >= 0.6 is 11.6 Å². The molecule has 0 fully saturated rings. The Labute approximate surface area is 187 Å². The number of fused-ring (bicyclic) bond motifs is 1. The minimum absolute atomic E-state index is 0.170. The SMILES string of the molecule is COc1cc2c(cc1OC)[C@@H](c1ccccc1Cl)N(C(=O)Nc1cccc(C)c1)CC2. The van der Waals surface area contributed by atoms with E-state index in [1.165, 1.54) is 0 Å². The summed E-state index contributed by atoms with van der Waals surface area (Å²) in [6.07, 6.45) is 0.706. The second kappa shape index (κ2) is 8.90. The molecule has 160 valence electrons. The number of rotatable bonds is 4. The third-order valence-corrected chi connectivity index (χ3v) is 5.95. The lowest BCUT2D eigenvalue weighted by Crippen LogP contribution is -2.43. The van der Waals surface area contributed by atoms with Crippen LogP contribution in [0.1, 0.15) is 28.3 Å². The van der Waals surface area contributed by atoms with E-state index in [0.717, 1.165) is 27.9 Å². The molecule has 0 saturated heterocycles. The van der Waals surface area contributed by atoms with Crippen molar-refractivity contribution < 1.29 is 14.3 Å². The van der Waals surface area contributed by atoms with Gasteiger partial charge in [0.1, 0.15) is 0 Å². The first-order valence-corrected chi connectivity index (χ1v) is 10.5. The number of nitrogens with zero attached hydrogens (tertiary/aromatic N) is 1. The first-order chi connectivity index (χ1) is 15.0. The highest BCUT2D eigenvalue weighted by atomic mass is 35.5. The van der Waals surface area contributed by atoms with E-state index in [1.807, 2.05) is 72.5 Å². The molecule has 5 nitrogen and oxygen atoms in total. The third kappa shape index (κ3) is 4.19. The fourth-order valence-corrected chi connectivity index (χ4v) is 4.35. The van der Waals surface area contributed by atoms with Gasteiger partial charge in [0.05, 0.1) is 20.3 Å². The molecule has 0 aliphatic carbocycles. The molecule has 0 bridgehead atoms. The van der Waals surface area contributed by atoms with Crippen LogP contribution in [-0.4, -0.2) is 31.7 Å². The Morgan fingerprint density at radius 1 is 1.00 bits per heavy atom. The van der Waals surface area contributed by atoms with Gasteiger partial charge in [-0.2, -0.15) is 0 Å². The molecule has 1 atom stereocenters. The zero-order valence-corrected chi connectivity index (χ0v) is 18.6. The summed E-state index contributed by atoms with van der Waals surface area (Å²) in [5.74, 6) is 1.30. The number of urea groups is 1. The van der Waals surface area contributed by atoms with Crippen LogP contribution in [-0.2, 0) is 6.42 Å². The monoisotopic (exact) mass is 436 g/mol. The van der Waals surface area contributed by atoms with Crippen LogP contribution in [0.4, 0.5) is 10.5 Å². The number of nitrogens with one attached hydrogen (secondary N) is 1. The highest BCUT2D eigenvalue weighted by molar-refractivity contribution is 6.31. The zero-order chi connectivity index (χ0) is 22.0. The number of carbonyl (C=O) groups excluding carboxylic acids is 1. The van der Waals surface area contributed by atoms with Crippen molar-refractivity contribution in [3.8, 4) is 11.5 Å². The van der Waals surface area contributed by atoms with Gasteiger partial charge in [0.2, 0.25) is 0 Å². The molecule has 0 spiro atoms. The minimum Gasteiger partial charge on any atom is -0.493 e. The maximum absolute atomic E-state index is 13.4. The van der Waals surface area contributed by atoms with E-state index in [2.05, 4.69) is 5.32 Å². The number of anilines is 1. The van der Waals surface area contributed by atoms with Gasteiger partial charge in [-0.05, 0) is 65.9 Å². The molecular formula is C25H25ClN2O3. The van der Waals surface area contributed by atoms with E-state index in [1.54, 1.807) is 14.2 Å². The van der Waals surface area contributed by atoms with Crippen LogP contribution in [0.3, 0.4) is 0 Å². The molecule has 1 aliphatic heterocycles. The van der Waals surface area contributed by atoms with Crippen LogP contribution in [0.5, 0.6) is 11.5 Å². The first-order valence-electron chi connectivity index (χ1n) is 10.2. The lowest BCUT2D eigenvalue weighted by atomic mass is 9.87. The van der Waals surface area contributed by atoms with Crippen molar-refractivity contribution in [2.75, 3.05) is 26.1 Å². The van der Waals surface area contributed by atoms with Gasteiger partial charge in [-0.3, -0.25) is 0 Å². The van der Waals surface area contributed by atoms with Gasteiger partial charge in [0.15, 0.2) is 11.5 Å². The molecule has 0 unspecified atom stereocenters. The molecule has 3 aromatic carbocycles. The molecule has 1 heterocycles. The zero-order valence-electron chi connectivity index (χ0n) is 17.8. The molecule has 2 amide bonds. The summed E-state index contributed by atoms with van der Waals surface area (Å²) >= 11 is 6.59. The predicted molar refractivity (Wildman–Crippen MR) is 123 cm³/mol. The number of hydrogen-bond acceptors (Lipinski definition) is 3. The van der Waals surface area contributed by atoms with Crippen molar-refractivity contribution in [2.24, 2.45) is 0 Å². The number of ether oxygens (including phenoxy) is 2. The average Bonchev–Trinajstić information content (AvgIpc) is 2.77. The van der Waals surface area contributed by atoms with Crippen LogP contribution in [0.2, 0.25) is 5.02 Å². The van der Waals surface area contributed by atoms with Crippen molar-refractivity contribution >= 4 is 23.3 Å². The largest absolute Gasteiger partial charge is 0.493 e.